The first-order valence-corrected chi connectivity index (χ1v) is 5.25. The van der Waals surface area contributed by atoms with Crippen molar-refractivity contribution in [2.75, 3.05) is 35.8 Å². The molecule has 0 saturated carbocycles. The number of aromatic amines is 1. The number of alkyl halides is 1. The van der Waals surface area contributed by atoms with Crippen LogP contribution in [-0.4, -0.2) is 41.1 Å². The van der Waals surface area contributed by atoms with E-state index in [4.69, 9.17) is 10.8 Å². The van der Waals surface area contributed by atoms with E-state index in [1.807, 2.05) is 0 Å². The van der Waals surface area contributed by atoms with Crippen LogP contribution in [-0.2, 0) is 0 Å². The molecular formula is C9H14FN5O2. The number of nitrogens with one attached hydrogen (secondary N) is 2. The maximum atomic E-state index is 12.9. The fourth-order valence-corrected chi connectivity index (χ4v) is 1.69. The Kier molecular flexibility index (Phi) is 3.14. The minimum Gasteiger partial charge on any atom is -0.393 e. The standard InChI is InChI=1S/C9H14FN5O2/c10-5(3-16)1-2-15-4-12-6-7(15)13-9(11)14-8(6)17/h5,12,16H,1-4H2,(H3,11,13,14,17). The number of fused-ring (bicyclic) bond motifs is 1. The van der Waals surface area contributed by atoms with E-state index >= 15 is 0 Å². The van der Waals surface area contributed by atoms with Crippen LogP contribution in [0.4, 0.5) is 21.8 Å². The van der Waals surface area contributed by atoms with Crippen molar-refractivity contribution < 1.29 is 9.50 Å². The van der Waals surface area contributed by atoms with Crippen molar-refractivity contribution in [2.45, 2.75) is 12.6 Å². The van der Waals surface area contributed by atoms with Crippen LogP contribution in [0.25, 0.3) is 0 Å². The van der Waals surface area contributed by atoms with Gasteiger partial charge in [-0.1, -0.05) is 0 Å². The summed E-state index contributed by atoms with van der Waals surface area (Å²) >= 11 is 0. The largest absolute Gasteiger partial charge is 0.393 e. The molecule has 0 aromatic carbocycles. The third kappa shape index (κ3) is 2.31. The third-order valence-corrected chi connectivity index (χ3v) is 2.58. The summed E-state index contributed by atoms with van der Waals surface area (Å²) in [7, 11) is 0. The Hall–Kier alpha value is -1.83. The number of aliphatic hydroxyl groups is 1. The molecule has 8 heteroatoms. The van der Waals surface area contributed by atoms with E-state index in [1.54, 1.807) is 4.90 Å². The van der Waals surface area contributed by atoms with Crippen molar-refractivity contribution in [1.82, 2.24) is 9.97 Å². The van der Waals surface area contributed by atoms with Gasteiger partial charge in [0.15, 0.2) is 5.82 Å². The number of anilines is 3. The molecule has 0 spiro atoms. The molecule has 1 unspecified atom stereocenters. The van der Waals surface area contributed by atoms with E-state index in [2.05, 4.69) is 15.3 Å². The predicted octanol–water partition coefficient (Wildman–Crippen LogP) is -0.738. The van der Waals surface area contributed by atoms with Gasteiger partial charge in [-0.15, -0.1) is 0 Å². The van der Waals surface area contributed by atoms with Gasteiger partial charge < -0.3 is 21.1 Å². The number of hydrogen-bond acceptors (Lipinski definition) is 6. The number of H-pyrrole nitrogens is 1. The van der Waals surface area contributed by atoms with Gasteiger partial charge in [0, 0.05) is 6.54 Å². The lowest BCUT2D eigenvalue weighted by atomic mass is 10.3. The Bertz CT molecular complexity index is 463. The molecule has 1 aromatic rings. The molecule has 7 nitrogen and oxygen atoms in total. The predicted molar refractivity (Wildman–Crippen MR) is 61.7 cm³/mol. The number of nitrogen functional groups attached to an aromatic ring is 1. The van der Waals surface area contributed by atoms with E-state index < -0.39 is 12.8 Å². The zero-order valence-electron chi connectivity index (χ0n) is 9.11. The van der Waals surface area contributed by atoms with Gasteiger partial charge in [0.25, 0.3) is 5.56 Å². The summed E-state index contributed by atoms with van der Waals surface area (Å²) in [6, 6.07) is 0. The molecule has 1 aliphatic rings. The van der Waals surface area contributed by atoms with Gasteiger partial charge in [0.1, 0.15) is 11.9 Å². The molecule has 0 saturated heterocycles. The highest BCUT2D eigenvalue weighted by atomic mass is 19.1. The number of aliphatic hydroxyl groups excluding tert-OH is 1. The smallest absolute Gasteiger partial charge is 0.277 e. The van der Waals surface area contributed by atoms with Crippen LogP contribution in [0.1, 0.15) is 6.42 Å². The van der Waals surface area contributed by atoms with Gasteiger partial charge in [-0.25, -0.2) is 4.39 Å². The highest BCUT2D eigenvalue weighted by Crippen LogP contribution is 2.25. The molecule has 1 aliphatic heterocycles. The minimum absolute atomic E-state index is 0.0291. The zero-order chi connectivity index (χ0) is 12.4. The lowest BCUT2D eigenvalue weighted by Crippen LogP contribution is -2.27. The van der Waals surface area contributed by atoms with Crippen LogP contribution in [0.2, 0.25) is 0 Å². The molecule has 0 bridgehead atoms. The van der Waals surface area contributed by atoms with Gasteiger partial charge in [-0.05, 0) is 6.42 Å². The van der Waals surface area contributed by atoms with Gasteiger partial charge in [0.2, 0.25) is 5.95 Å². The fourth-order valence-electron chi connectivity index (χ4n) is 1.69. The molecule has 1 atom stereocenters. The first-order valence-electron chi connectivity index (χ1n) is 5.25. The second-order valence-corrected chi connectivity index (χ2v) is 3.82. The Morgan fingerprint density at radius 1 is 1.65 bits per heavy atom. The molecule has 0 amide bonds. The van der Waals surface area contributed by atoms with Crippen LogP contribution in [0.3, 0.4) is 0 Å². The third-order valence-electron chi connectivity index (χ3n) is 2.58. The second-order valence-electron chi connectivity index (χ2n) is 3.82. The quantitative estimate of drug-likeness (QED) is 0.555. The average molecular weight is 243 g/mol. The molecule has 94 valence electrons. The summed E-state index contributed by atoms with van der Waals surface area (Å²) < 4.78 is 12.9. The summed E-state index contributed by atoms with van der Waals surface area (Å²) in [5.74, 6) is 0.456. The normalized spacial score (nSPS) is 15.5. The molecular weight excluding hydrogens is 229 g/mol. The molecule has 1 aromatic heterocycles. The molecule has 5 N–H and O–H groups in total. The molecule has 0 fully saturated rings. The molecule has 2 rings (SSSR count). The number of hydrogen-bond donors (Lipinski definition) is 4. The molecule has 0 aliphatic carbocycles. The molecule has 0 radical (unpaired) electrons. The summed E-state index contributed by atoms with van der Waals surface area (Å²) in [4.78, 5) is 19.6. The minimum atomic E-state index is -1.27. The van der Waals surface area contributed by atoms with Crippen LogP contribution >= 0.6 is 0 Å². The Morgan fingerprint density at radius 2 is 2.41 bits per heavy atom. The van der Waals surface area contributed by atoms with E-state index in [1.165, 1.54) is 0 Å². The number of rotatable bonds is 4. The van der Waals surface area contributed by atoms with Crippen molar-refractivity contribution >= 4 is 17.5 Å². The van der Waals surface area contributed by atoms with E-state index in [0.717, 1.165) is 0 Å². The van der Waals surface area contributed by atoms with Crippen LogP contribution in [0.5, 0.6) is 0 Å². The van der Waals surface area contributed by atoms with Crippen LogP contribution < -0.4 is 21.5 Å². The number of nitrogens with zero attached hydrogens (tertiary/aromatic N) is 2. The maximum absolute atomic E-state index is 12.9. The molecule has 17 heavy (non-hydrogen) atoms. The van der Waals surface area contributed by atoms with Gasteiger partial charge in [0.05, 0.1) is 13.3 Å². The van der Waals surface area contributed by atoms with Crippen molar-refractivity contribution in [3.8, 4) is 0 Å². The Balaban J connectivity index is 2.14. The Labute approximate surface area is 96.5 Å². The van der Waals surface area contributed by atoms with E-state index in [9.17, 15) is 9.18 Å². The Morgan fingerprint density at radius 3 is 3.12 bits per heavy atom. The average Bonchev–Trinajstić information content (AvgIpc) is 2.69. The zero-order valence-corrected chi connectivity index (χ0v) is 9.11. The van der Waals surface area contributed by atoms with Crippen molar-refractivity contribution in [3.05, 3.63) is 10.4 Å². The van der Waals surface area contributed by atoms with Gasteiger partial charge in [-0.3, -0.25) is 9.78 Å². The SMILES string of the molecule is Nc1nc2c(c(=O)[nH]1)NCN2CCC(F)CO. The van der Waals surface area contributed by atoms with E-state index in [-0.39, 0.29) is 17.9 Å². The molecule has 2 heterocycles. The number of aromatic nitrogens is 2. The monoisotopic (exact) mass is 243 g/mol. The summed E-state index contributed by atoms with van der Waals surface area (Å²) in [5.41, 5.74) is 5.45. The number of halogens is 1. The van der Waals surface area contributed by atoms with Crippen molar-refractivity contribution in [1.29, 1.82) is 0 Å². The van der Waals surface area contributed by atoms with Gasteiger partial charge >= 0.3 is 0 Å². The maximum Gasteiger partial charge on any atom is 0.277 e. The summed E-state index contributed by atoms with van der Waals surface area (Å²) in [6.07, 6.45) is -1.09. The highest BCUT2D eigenvalue weighted by molar-refractivity contribution is 5.70. The van der Waals surface area contributed by atoms with Crippen LogP contribution in [0, 0.1) is 0 Å². The van der Waals surface area contributed by atoms with Crippen LogP contribution in [0.15, 0.2) is 4.79 Å². The topological polar surface area (TPSA) is 107 Å². The second kappa shape index (κ2) is 4.58. The fraction of sp³-hybridized carbons (Fsp3) is 0.556. The number of nitrogens with two attached hydrogens (primary N) is 1. The van der Waals surface area contributed by atoms with Gasteiger partial charge in [-0.2, -0.15) is 4.98 Å². The lowest BCUT2D eigenvalue weighted by molar-refractivity contribution is 0.171. The first kappa shape index (κ1) is 11.6. The van der Waals surface area contributed by atoms with Crippen molar-refractivity contribution in [3.63, 3.8) is 0 Å². The summed E-state index contributed by atoms with van der Waals surface area (Å²) in [6.45, 7) is 0.240. The van der Waals surface area contributed by atoms with E-state index in [0.29, 0.717) is 24.7 Å². The first-order chi connectivity index (χ1) is 8.11. The summed E-state index contributed by atoms with van der Waals surface area (Å²) in [5, 5.41) is 11.5. The lowest BCUT2D eigenvalue weighted by Gasteiger charge is -2.17. The van der Waals surface area contributed by atoms with Crippen molar-refractivity contribution in [2.24, 2.45) is 0 Å². The highest BCUT2D eigenvalue weighted by Gasteiger charge is 2.24.